The SMILES string of the molecule is COc1ccc(/C=C/C(=O)NC(=S)Nc2cccc(NC(=O)C3CC3)c2C)cc1. The first-order valence-electron chi connectivity index (χ1n) is 9.31. The fourth-order valence-electron chi connectivity index (χ4n) is 2.68. The molecule has 2 aromatic rings. The normalized spacial score (nSPS) is 13.0. The van der Waals surface area contributed by atoms with E-state index in [0.29, 0.717) is 0 Å². The molecule has 7 heteroatoms. The Bertz CT molecular complexity index is 950. The lowest BCUT2D eigenvalue weighted by Gasteiger charge is -2.14. The molecule has 0 unspecified atom stereocenters. The molecule has 0 spiro atoms. The number of carbonyl (C=O) groups is 2. The zero-order chi connectivity index (χ0) is 20.8. The van der Waals surface area contributed by atoms with Crippen LogP contribution in [0.15, 0.2) is 48.5 Å². The van der Waals surface area contributed by atoms with E-state index in [1.807, 2.05) is 49.4 Å². The van der Waals surface area contributed by atoms with Gasteiger partial charge in [0.1, 0.15) is 5.75 Å². The summed E-state index contributed by atoms with van der Waals surface area (Å²) in [6.07, 6.45) is 5.00. The largest absolute Gasteiger partial charge is 0.497 e. The topological polar surface area (TPSA) is 79.5 Å². The molecule has 0 radical (unpaired) electrons. The van der Waals surface area contributed by atoms with Gasteiger partial charge in [0, 0.05) is 23.4 Å². The molecule has 1 aliphatic rings. The number of rotatable bonds is 6. The summed E-state index contributed by atoms with van der Waals surface area (Å²) in [5, 5.41) is 8.76. The smallest absolute Gasteiger partial charge is 0.250 e. The molecule has 3 rings (SSSR count). The van der Waals surface area contributed by atoms with Crippen molar-refractivity contribution in [3.63, 3.8) is 0 Å². The number of methoxy groups -OCH3 is 1. The number of nitrogens with one attached hydrogen (secondary N) is 3. The molecule has 2 amide bonds. The van der Waals surface area contributed by atoms with Gasteiger partial charge >= 0.3 is 0 Å². The van der Waals surface area contributed by atoms with Gasteiger partial charge in [0.2, 0.25) is 11.8 Å². The van der Waals surface area contributed by atoms with Crippen molar-refractivity contribution in [3.8, 4) is 5.75 Å². The molecule has 6 nitrogen and oxygen atoms in total. The second-order valence-corrected chi connectivity index (χ2v) is 7.20. The summed E-state index contributed by atoms with van der Waals surface area (Å²) in [5.74, 6) is 0.589. The quantitative estimate of drug-likeness (QED) is 0.498. The Hall–Kier alpha value is -3.19. The summed E-state index contributed by atoms with van der Waals surface area (Å²) in [5.41, 5.74) is 3.19. The third-order valence-corrected chi connectivity index (χ3v) is 4.77. The number of ether oxygens (including phenoxy) is 1. The van der Waals surface area contributed by atoms with Crippen LogP contribution in [0.3, 0.4) is 0 Å². The number of thiocarbonyl (C=S) groups is 1. The van der Waals surface area contributed by atoms with Crippen LogP contribution >= 0.6 is 12.2 Å². The molecule has 0 bridgehead atoms. The Labute approximate surface area is 175 Å². The number of amides is 2. The zero-order valence-electron chi connectivity index (χ0n) is 16.3. The summed E-state index contributed by atoms with van der Waals surface area (Å²) >= 11 is 5.24. The van der Waals surface area contributed by atoms with E-state index in [9.17, 15) is 9.59 Å². The van der Waals surface area contributed by atoms with Gasteiger partial charge in [-0.1, -0.05) is 18.2 Å². The van der Waals surface area contributed by atoms with E-state index >= 15 is 0 Å². The van der Waals surface area contributed by atoms with E-state index < -0.39 is 0 Å². The van der Waals surface area contributed by atoms with Crippen molar-refractivity contribution in [2.75, 3.05) is 17.7 Å². The van der Waals surface area contributed by atoms with Gasteiger partial charge in [-0.2, -0.15) is 0 Å². The minimum Gasteiger partial charge on any atom is -0.497 e. The van der Waals surface area contributed by atoms with Crippen LogP contribution in [-0.2, 0) is 9.59 Å². The van der Waals surface area contributed by atoms with Crippen LogP contribution in [-0.4, -0.2) is 24.0 Å². The monoisotopic (exact) mass is 409 g/mol. The summed E-state index contributed by atoms with van der Waals surface area (Å²) in [4.78, 5) is 24.1. The van der Waals surface area contributed by atoms with Crippen LogP contribution in [0.5, 0.6) is 5.75 Å². The van der Waals surface area contributed by atoms with E-state index in [-0.39, 0.29) is 22.8 Å². The highest BCUT2D eigenvalue weighted by atomic mass is 32.1. The molecule has 29 heavy (non-hydrogen) atoms. The van der Waals surface area contributed by atoms with Crippen LogP contribution in [0, 0.1) is 12.8 Å². The molecule has 1 aliphatic carbocycles. The second kappa shape index (κ2) is 9.34. The third-order valence-electron chi connectivity index (χ3n) is 4.57. The van der Waals surface area contributed by atoms with E-state index in [4.69, 9.17) is 17.0 Å². The van der Waals surface area contributed by atoms with Gasteiger partial charge in [-0.15, -0.1) is 0 Å². The average molecular weight is 410 g/mol. The van der Waals surface area contributed by atoms with Crippen molar-refractivity contribution in [2.45, 2.75) is 19.8 Å². The molecule has 0 atom stereocenters. The maximum Gasteiger partial charge on any atom is 0.250 e. The number of anilines is 2. The van der Waals surface area contributed by atoms with Gasteiger partial charge in [0.05, 0.1) is 7.11 Å². The van der Waals surface area contributed by atoms with E-state index in [1.165, 1.54) is 6.08 Å². The van der Waals surface area contributed by atoms with Crippen LogP contribution in [0.2, 0.25) is 0 Å². The summed E-state index contributed by atoms with van der Waals surface area (Å²) in [7, 11) is 1.60. The molecule has 2 aromatic carbocycles. The first-order chi connectivity index (χ1) is 14.0. The molecule has 1 fully saturated rings. The first-order valence-corrected chi connectivity index (χ1v) is 9.71. The first kappa shape index (κ1) is 20.5. The summed E-state index contributed by atoms with van der Waals surface area (Å²) < 4.78 is 5.11. The Balaban J connectivity index is 1.56. The Morgan fingerprint density at radius 1 is 1.07 bits per heavy atom. The predicted molar refractivity (Wildman–Crippen MR) is 119 cm³/mol. The Kier molecular flexibility index (Phi) is 6.61. The Morgan fingerprint density at radius 3 is 2.34 bits per heavy atom. The number of hydrogen-bond donors (Lipinski definition) is 3. The molecule has 0 aliphatic heterocycles. The molecule has 3 N–H and O–H groups in total. The predicted octanol–water partition coefficient (Wildman–Crippen LogP) is 3.88. The maximum absolute atomic E-state index is 12.1. The van der Waals surface area contributed by atoms with Gasteiger partial charge in [0.15, 0.2) is 5.11 Å². The summed E-state index contributed by atoms with van der Waals surface area (Å²) in [6, 6.07) is 12.9. The second-order valence-electron chi connectivity index (χ2n) is 6.79. The average Bonchev–Trinajstić information content (AvgIpc) is 3.55. The van der Waals surface area contributed by atoms with E-state index in [0.717, 1.165) is 41.1 Å². The van der Waals surface area contributed by atoms with Crippen molar-refractivity contribution in [2.24, 2.45) is 5.92 Å². The van der Waals surface area contributed by atoms with Gasteiger partial charge in [-0.25, -0.2) is 0 Å². The molecule has 150 valence electrons. The molecule has 0 saturated heterocycles. The van der Waals surface area contributed by atoms with Crippen molar-refractivity contribution < 1.29 is 14.3 Å². The number of carbonyl (C=O) groups excluding carboxylic acids is 2. The highest BCUT2D eigenvalue weighted by Gasteiger charge is 2.29. The minimum absolute atomic E-state index is 0.0461. The molecule has 1 saturated carbocycles. The fraction of sp³-hybridized carbons (Fsp3) is 0.227. The lowest BCUT2D eigenvalue weighted by atomic mass is 10.1. The standard InChI is InChI=1S/C22H23N3O3S/c1-14-18(23-21(27)16-9-10-16)4-3-5-19(14)24-22(29)25-20(26)13-8-15-6-11-17(28-2)12-7-15/h3-8,11-13,16H,9-10H2,1-2H3,(H,23,27)(H2,24,25,26,29)/b13-8+. The Morgan fingerprint density at radius 2 is 1.72 bits per heavy atom. The van der Waals surface area contributed by atoms with Crippen LogP contribution in [0.25, 0.3) is 6.08 Å². The van der Waals surface area contributed by atoms with E-state index in [2.05, 4.69) is 16.0 Å². The fourth-order valence-corrected chi connectivity index (χ4v) is 2.89. The minimum atomic E-state index is -0.339. The molecular weight excluding hydrogens is 386 g/mol. The summed E-state index contributed by atoms with van der Waals surface area (Å²) in [6.45, 7) is 1.89. The van der Waals surface area contributed by atoms with Gasteiger partial charge in [-0.3, -0.25) is 14.9 Å². The molecular formula is C22H23N3O3S. The third kappa shape index (κ3) is 5.89. The van der Waals surface area contributed by atoms with Gasteiger partial charge in [0.25, 0.3) is 0 Å². The highest BCUT2D eigenvalue weighted by molar-refractivity contribution is 7.80. The van der Waals surface area contributed by atoms with Crippen molar-refractivity contribution in [3.05, 3.63) is 59.7 Å². The van der Waals surface area contributed by atoms with Gasteiger partial charge in [-0.05, 0) is 73.5 Å². The van der Waals surface area contributed by atoms with Gasteiger partial charge < -0.3 is 15.4 Å². The molecule has 0 aromatic heterocycles. The lowest BCUT2D eigenvalue weighted by Crippen LogP contribution is -2.33. The van der Waals surface area contributed by atoms with Crippen molar-refractivity contribution in [1.29, 1.82) is 0 Å². The number of benzene rings is 2. The molecule has 0 heterocycles. The van der Waals surface area contributed by atoms with Crippen LogP contribution < -0.4 is 20.7 Å². The van der Waals surface area contributed by atoms with Crippen LogP contribution in [0.4, 0.5) is 11.4 Å². The maximum atomic E-state index is 12.1. The van der Waals surface area contributed by atoms with Crippen molar-refractivity contribution >= 4 is 46.6 Å². The zero-order valence-corrected chi connectivity index (χ0v) is 17.1. The number of hydrogen-bond acceptors (Lipinski definition) is 4. The van der Waals surface area contributed by atoms with E-state index in [1.54, 1.807) is 13.2 Å². The highest BCUT2D eigenvalue weighted by Crippen LogP contribution is 2.31. The lowest BCUT2D eigenvalue weighted by molar-refractivity contribution is -0.117. The van der Waals surface area contributed by atoms with Crippen LogP contribution in [0.1, 0.15) is 24.0 Å². The van der Waals surface area contributed by atoms with Crippen molar-refractivity contribution in [1.82, 2.24) is 5.32 Å².